The second-order valence-corrected chi connectivity index (χ2v) is 15.6. The molecule has 0 aliphatic heterocycles. The second kappa shape index (κ2) is 14.6. The largest absolute Gasteiger partial charge is 2.00 e. The SMILES string of the molecule is CC1=CC(C(C)(C)C)=CC1c1cc(C(C)(C)C)cc2c1Cc1ccc(C(C)(C)C=C(c3ccccc3)c3ccccc3)cc1-2.[Cl-].[Cl-].[Zr+2]. The molecule has 242 valence electrons. The van der Waals surface area contributed by atoms with Gasteiger partial charge in [0.15, 0.2) is 0 Å². The molecule has 0 radical (unpaired) electrons. The standard InChI is InChI=1S/C44H48.2ClH.Zr/c1-29-22-34(42(2,3)4)25-36(29)39-26-35(43(5,6)7)27-40-37-24-33(21-20-32(37)23-38(39)40)44(8,9)28-41(30-16-12-10-13-17-30)31-18-14-11-15-19-31;;;/h10-22,24-28,36H,23H2,1-9H3;2*1H;/q;;;+2/p-2. The minimum Gasteiger partial charge on any atom is -1.00 e. The fourth-order valence-corrected chi connectivity index (χ4v) is 6.92. The molecule has 2 aliphatic rings. The van der Waals surface area contributed by atoms with Crippen LogP contribution < -0.4 is 24.8 Å². The van der Waals surface area contributed by atoms with Crippen molar-refractivity contribution in [1.82, 2.24) is 0 Å². The number of halogens is 2. The van der Waals surface area contributed by atoms with E-state index in [4.69, 9.17) is 0 Å². The van der Waals surface area contributed by atoms with Crippen LogP contribution in [-0.2, 0) is 43.5 Å². The Morgan fingerprint density at radius 3 is 1.72 bits per heavy atom. The molecule has 0 spiro atoms. The number of hydrogen-bond acceptors (Lipinski definition) is 0. The van der Waals surface area contributed by atoms with Crippen LogP contribution in [0.15, 0.2) is 120 Å². The molecule has 6 rings (SSSR count). The van der Waals surface area contributed by atoms with E-state index in [9.17, 15) is 0 Å². The van der Waals surface area contributed by atoms with Crippen LogP contribution in [0.1, 0.15) is 107 Å². The van der Waals surface area contributed by atoms with Crippen LogP contribution >= 0.6 is 0 Å². The molecule has 4 aromatic rings. The van der Waals surface area contributed by atoms with E-state index < -0.39 is 0 Å². The number of hydrogen-bond donors (Lipinski definition) is 0. The van der Waals surface area contributed by atoms with Gasteiger partial charge in [-0.3, -0.25) is 0 Å². The summed E-state index contributed by atoms with van der Waals surface area (Å²) in [6.45, 7) is 21.1. The molecule has 1 atom stereocenters. The first-order valence-corrected chi connectivity index (χ1v) is 16.3. The number of benzene rings is 4. The fraction of sp³-hybridized carbons (Fsp3) is 0.318. The topological polar surface area (TPSA) is 0 Å². The van der Waals surface area contributed by atoms with Gasteiger partial charge >= 0.3 is 26.2 Å². The molecule has 0 N–H and O–H groups in total. The Bertz CT molecular complexity index is 1770. The molecule has 0 heterocycles. The van der Waals surface area contributed by atoms with E-state index in [-0.39, 0.29) is 67.3 Å². The molecule has 1 unspecified atom stereocenters. The van der Waals surface area contributed by atoms with Gasteiger partial charge in [-0.25, -0.2) is 0 Å². The summed E-state index contributed by atoms with van der Waals surface area (Å²) >= 11 is 0. The van der Waals surface area contributed by atoms with Gasteiger partial charge in [0.1, 0.15) is 0 Å². The molecular weight excluding hydrogens is 691 g/mol. The van der Waals surface area contributed by atoms with Crippen LogP contribution in [0.4, 0.5) is 0 Å². The normalized spacial score (nSPS) is 15.2. The van der Waals surface area contributed by atoms with Gasteiger partial charge in [-0.2, -0.15) is 0 Å². The zero-order chi connectivity index (χ0) is 31.4. The first-order chi connectivity index (χ1) is 20.7. The van der Waals surface area contributed by atoms with Crippen molar-refractivity contribution in [2.45, 2.75) is 85.5 Å². The fourth-order valence-electron chi connectivity index (χ4n) is 6.92. The summed E-state index contributed by atoms with van der Waals surface area (Å²) in [7, 11) is 0. The van der Waals surface area contributed by atoms with E-state index in [1.54, 1.807) is 0 Å². The molecule has 47 heavy (non-hydrogen) atoms. The van der Waals surface area contributed by atoms with Crippen LogP contribution in [0.3, 0.4) is 0 Å². The maximum Gasteiger partial charge on any atom is 2.00 e. The molecule has 0 aromatic heterocycles. The van der Waals surface area contributed by atoms with E-state index in [0.29, 0.717) is 5.92 Å². The number of rotatable bonds is 5. The van der Waals surface area contributed by atoms with Crippen LogP contribution in [0, 0.1) is 5.41 Å². The Morgan fingerprint density at radius 2 is 1.21 bits per heavy atom. The van der Waals surface area contributed by atoms with Crippen molar-refractivity contribution in [2.75, 3.05) is 0 Å². The molecule has 0 nitrogen and oxygen atoms in total. The average molecular weight is 739 g/mol. The Morgan fingerprint density at radius 1 is 0.660 bits per heavy atom. The molecule has 0 saturated heterocycles. The van der Waals surface area contributed by atoms with Gasteiger partial charge in [0.05, 0.1) is 0 Å². The number of fused-ring (bicyclic) bond motifs is 3. The maximum absolute atomic E-state index is 2.54. The minimum atomic E-state index is -0.168. The summed E-state index contributed by atoms with van der Waals surface area (Å²) in [6.07, 6.45) is 8.45. The van der Waals surface area contributed by atoms with Gasteiger partial charge in [0.25, 0.3) is 0 Å². The molecule has 4 aromatic carbocycles. The minimum absolute atomic E-state index is 0. The quantitative estimate of drug-likeness (QED) is 0.208. The zero-order valence-electron chi connectivity index (χ0n) is 29.4. The van der Waals surface area contributed by atoms with Gasteiger partial charge in [0, 0.05) is 11.3 Å². The van der Waals surface area contributed by atoms with Gasteiger partial charge in [-0.1, -0.05) is 164 Å². The first-order valence-electron chi connectivity index (χ1n) is 16.3. The summed E-state index contributed by atoms with van der Waals surface area (Å²) in [5.41, 5.74) is 16.8. The first kappa shape index (κ1) is 39.0. The molecular formula is C44H48Cl2Zr. The third kappa shape index (κ3) is 7.91. The molecule has 3 heteroatoms. The Kier molecular flexibility index (Phi) is 12.1. The maximum atomic E-state index is 2.54. The van der Waals surface area contributed by atoms with Crippen LogP contribution in [0.2, 0.25) is 0 Å². The van der Waals surface area contributed by atoms with E-state index in [1.807, 2.05) is 0 Å². The van der Waals surface area contributed by atoms with Crippen LogP contribution in [0.25, 0.3) is 16.7 Å². The monoisotopic (exact) mass is 736 g/mol. The van der Waals surface area contributed by atoms with Gasteiger partial charge in [-0.15, -0.1) is 0 Å². The second-order valence-electron chi connectivity index (χ2n) is 15.6. The molecule has 0 amide bonds. The molecule has 2 aliphatic carbocycles. The van der Waals surface area contributed by atoms with E-state index in [0.717, 1.165) is 6.42 Å². The molecule has 0 bridgehead atoms. The summed E-state index contributed by atoms with van der Waals surface area (Å²) in [5, 5.41) is 0. The third-order valence-corrected chi connectivity index (χ3v) is 9.76. The van der Waals surface area contributed by atoms with Crippen molar-refractivity contribution in [3.05, 3.63) is 159 Å². The van der Waals surface area contributed by atoms with Gasteiger partial charge in [0.2, 0.25) is 0 Å². The average Bonchev–Trinajstić information content (AvgIpc) is 3.56. The smallest absolute Gasteiger partial charge is 1.00 e. The van der Waals surface area contributed by atoms with Crippen molar-refractivity contribution >= 4 is 5.57 Å². The van der Waals surface area contributed by atoms with Gasteiger partial charge in [-0.05, 0) is 91.5 Å². The van der Waals surface area contributed by atoms with E-state index in [1.165, 1.54) is 66.8 Å². The summed E-state index contributed by atoms with van der Waals surface area (Å²) < 4.78 is 0. The van der Waals surface area contributed by atoms with E-state index >= 15 is 0 Å². The Labute approximate surface area is 315 Å². The van der Waals surface area contributed by atoms with Crippen molar-refractivity contribution in [1.29, 1.82) is 0 Å². The Balaban J connectivity index is 0.00000200. The summed E-state index contributed by atoms with van der Waals surface area (Å²) in [5.74, 6) is 0.340. The summed E-state index contributed by atoms with van der Waals surface area (Å²) in [6, 6.07) is 33.9. The third-order valence-electron chi connectivity index (χ3n) is 9.76. The van der Waals surface area contributed by atoms with Crippen molar-refractivity contribution in [2.24, 2.45) is 5.41 Å². The molecule has 0 fully saturated rings. The van der Waals surface area contributed by atoms with Gasteiger partial charge < -0.3 is 24.8 Å². The predicted molar refractivity (Wildman–Crippen MR) is 190 cm³/mol. The van der Waals surface area contributed by atoms with Crippen LogP contribution in [0.5, 0.6) is 0 Å². The van der Waals surface area contributed by atoms with Crippen LogP contribution in [-0.4, -0.2) is 0 Å². The van der Waals surface area contributed by atoms with Crippen molar-refractivity contribution in [3.63, 3.8) is 0 Å². The summed E-state index contributed by atoms with van der Waals surface area (Å²) in [4.78, 5) is 0. The van der Waals surface area contributed by atoms with E-state index in [2.05, 4.69) is 172 Å². The zero-order valence-corrected chi connectivity index (χ0v) is 33.4. The Hall–Kier alpha value is -2.44. The van der Waals surface area contributed by atoms with Crippen molar-refractivity contribution < 1.29 is 51.0 Å². The molecule has 0 saturated carbocycles. The predicted octanol–water partition coefficient (Wildman–Crippen LogP) is 5.99. The van der Waals surface area contributed by atoms with Crippen molar-refractivity contribution in [3.8, 4) is 11.1 Å². The number of allylic oxidation sites excluding steroid dienone is 5.